The number of pyridine rings is 1. The highest BCUT2D eigenvalue weighted by Crippen LogP contribution is 2.21. The molecule has 31 heavy (non-hydrogen) atoms. The summed E-state index contributed by atoms with van der Waals surface area (Å²) in [5.41, 5.74) is 1.16. The lowest BCUT2D eigenvalue weighted by atomic mass is 10.1. The molecule has 0 spiro atoms. The fraction of sp³-hybridized carbons (Fsp3) is 0.318. The van der Waals surface area contributed by atoms with Crippen LogP contribution in [0.4, 0.5) is 14.7 Å². The van der Waals surface area contributed by atoms with E-state index in [1.807, 2.05) is 0 Å². The normalized spacial score (nSPS) is 19.7. The average Bonchev–Trinajstić information content (AvgIpc) is 2.77. The van der Waals surface area contributed by atoms with Crippen LogP contribution in [0.1, 0.15) is 18.0 Å². The lowest BCUT2D eigenvalue weighted by molar-refractivity contribution is 0.0284. The van der Waals surface area contributed by atoms with Gasteiger partial charge in [0.15, 0.2) is 0 Å². The van der Waals surface area contributed by atoms with E-state index in [9.17, 15) is 18.7 Å². The van der Waals surface area contributed by atoms with Crippen molar-refractivity contribution < 1.29 is 18.6 Å². The third-order valence-electron chi connectivity index (χ3n) is 5.24. The molecule has 1 aliphatic heterocycles. The number of anilines is 1. The van der Waals surface area contributed by atoms with E-state index in [0.29, 0.717) is 29.8 Å². The Morgan fingerprint density at radius 3 is 2.90 bits per heavy atom. The van der Waals surface area contributed by atoms with E-state index in [4.69, 9.17) is 4.74 Å². The summed E-state index contributed by atoms with van der Waals surface area (Å²) in [7, 11) is 0. The van der Waals surface area contributed by atoms with E-state index in [1.54, 1.807) is 18.2 Å². The summed E-state index contributed by atoms with van der Waals surface area (Å²) in [5.74, 6) is -0.175. The molecule has 1 unspecified atom stereocenters. The first-order valence-corrected chi connectivity index (χ1v) is 9.95. The van der Waals surface area contributed by atoms with Gasteiger partial charge in [-0.05, 0) is 36.2 Å². The van der Waals surface area contributed by atoms with Crippen LogP contribution in [0, 0.1) is 5.82 Å². The number of hydrogen-bond acceptors (Lipinski definition) is 6. The third-order valence-corrected chi connectivity index (χ3v) is 5.24. The second-order valence-corrected chi connectivity index (χ2v) is 7.31. The molecule has 1 aromatic carbocycles. The van der Waals surface area contributed by atoms with Gasteiger partial charge in [-0.2, -0.15) is 0 Å². The molecular formula is C22H22F2N4O3. The lowest BCUT2D eigenvalue weighted by Crippen LogP contribution is -2.39. The van der Waals surface area contributed by atoms with Crippen LogP contribution in [0.25, 0.3) is 11.3 Å². The Morgan fingerprint density at radius 2 is 2.16 bits per heavy atom. The topological polar surface area (TPSA) is 89.3 Å². The van der Waals surface area contributed by atoms with E-state index in [-0.39, 0.29) is 24.7 Å². The van der Waals surface area contributed by atoms with Gasteiger partial charge in [-0.3, -0.25) is 4.79 Å². The molecule has 1 saturated heterocycles. The van der Waals surface area contributed by atoms with E-state index >= 15 is 0 Å². The first kappa shape index (κ1) is 21.1. The van der Waals surface area contributed by atoms with Crippen molar-refractivity contribution in [1.29, 1.82) is 0 Å². The average molecular weight is 428 g/mol. The van der Waals surface area contributed by atoms with Crippen molar-refractivity contribution >= 4 is 5.95 Å². The molecule has 1 aliphatic rings. The monoisotopic (exact) mass is 428 g/mol. The Hall–Kier alpha value is -3.17. The molecule has 0 aliphatic carbocycles. The quantitative estimate of drug-likeness (QED) is 0.627. The predicted molar refractivity (Wildman–Crippen MR) is 111 cm³/mol. The number of alkyl halides is 1. The number of aromatic nitrogens is 3. The third kappa shape index (κ3) is 4.78. The summed E-state index contributed by atoms with van der Waals surface area (Å²) in [5, 5.41) is 12.8. The molecule has 1 fully saturated rings. The summed E-state index contributed by atoms with van der Waals surface area (Å²) in [6, 6.07) is 9.35. The number of nitrogens with one attached hydrogen (secondary N) is 1. The van der Waals surface area contributed by atoms with Gasteiger partial charge in [-0.15, -0.1) is 0 Å². The Morgan fingerprint density at radius 1 is 1.29 bits per heavy atom. The van der Waals surface area contributed by atoms with Crippen LogP contribution >= 0.6 is 0 Å². The van der Waals surface area contributed by atoms with Gasteiger partial charge in [-0.25, -0.2) is 18.7 Å². The van der Waals surface area contributed by atoms with Crippen molar-refractivity contribution in [2.75, 3.05) is 25.1 Å². The summed E-state index contributed by atoms with van der Waals surface area (Å²) in [6.45, 7) is 0.139. The predicted octanol–water partition coefficient (Wildman–Crippen LogP) is 2.57. The Labute approximate surface area is 177 Å². The number of ether oxygens (including phenoxy) is 1. The second kappa shape index (κ2) is 9.32. The SMILES string of the molecule is O=c1cc(-c2ccnc(N[C@@H]3CCOC[C@H]3F)n2)ccn1C(CO)c1cccc(F)c1. The number of aliphatic hydroxyl groups excluding tert-OH is 1. The molecule has 0 saturated carbocycles. The van der Waals surface area contributed by atoms with Gasteiger partial charge in [-0.1, -0.05) is 12.1 Å². The maximum atomic E-state index is 14.0. The van der Waals surface area contributed by atoms with E-state index in [2.05, 4.69) is 15.3 Å². The van der Waals surface area contributed by atoms with Gasteiger partial charge in [0.05, 0.1) is 31.0 Å². The van der Waals surface area contributed by atoms with Crippen LogP contribution < -0.4 is 10.9 Å². The Balaban J connectivity index is 1.58. The molecular weight excluding hydrogens is 406 g/mol. The molecule has 7 nitrogen and oxygen atoms in total. The molecule has 3 atom stereocenters. The van der Waals surface area contributed by atoms with E-state index in [0.717, 1.165) is 0 Å². The van der Waals surface area contributed by atoms with Gasteiger partial charge < -0.3 is 19.7 Å². The zero-order chi connectivity index (χ0) is 21.8. The van der Waals surface area contributed by atoms with Crippen molar-refractivity contribution in [1.82, 2.24) is 14.5 Å². The summed E-state index contributed by atoms with van der Waals surface area (Å²) >= 11 is 0. The maximum absolute atomic E-state index is 14.0. The second-order valence-electron chi connectivity index (χ2n) is 7.31. The van der Waals surface area contributed by atoms with Crippen molar-refractivity contribution in [3.63, 3.8) is 0 Å². The smallest absolute Gasteiger partial charge is 0.251 e. The Kier molecular flexibility index (Phi) is 6.34. The Bertz CT molecular complexity index is 1110. The molecule has 2 N–H and O–H groups in total. The number of benzene rings is 1. The minimum Gasteiger partial charge on any atom is -0.394 e. The summed E-state index contributed by atoms with van der Waals surface area (Å²) < 4.78 is 34.0. The van der Waals surface area contributed by atoms with Crippen molar-refractivity contribution in [2.24, 2.45) is 0 Å². The van der Waals surface area contributed by atoms with Gasteiger partial charge in [0.1, 0.15) is 12.0 Å². The number of rotatable bonds is 6. The van der Waals surface area contributed by atoms with Gasteiger partial charge in [0, 0.05) is 30.6 Å². The summed E-state index contributed by atoms with van der Waals surface area (Å²) in [4.78, 5) is 21.3. The molecule has 2 aromatic heterocycles. The standard InChI is InChI=1S/C22H22F2N4O3/c23-16-3-1-2-15(10-16)20(12-29)28-8-5-14(11-21(28)30)18-4-7-25-22(26-18)27-19-6-9-31-13-17(19)24/h1-5,7-8,10-11,17,19-20,29H,6,9,12-13H2,(H,25,26,27)/t17-,19-,20?/m1/s1. The van der Waals surface area contributed by atoms with Crippen LogP contribution in [-0.2, 0) is 4.74 Å². The van der Waals surface area contributed by atoms with Crippen LogP contribution in [-0.4, -0.2) is 51.7 Å². The molecule has 3 aromatic rings. The molecule has 9 heteroatoms. The fourth-order valence-electron chi connectivity index (χ4n) is 3.60. The van der Waals surface area contributed by atoms with Gasteiger partial charge in [0.25, 0.3) is 5.56 Å². The van der Waals surface area contributed by atoms with Crippen molar-refractivity contribution in [3.8, 4) is 11.3 Å². The number of nitrogens with zero attached hydrogens (tertiary/aromatic N) is 3. The van der Waals surface area contributed by atoms with Crippen LogP contribution in [0.2, 0.25) is 0 Å². The van der Waals surface area contributed by atoms with E-state index in [1.165, 1.54) is 41.2 Å². The van der Waals surface area contributed by atoms with Gasteiger partial charge >= 0.3 is 0 Å². The van der Waals surface area contributed by atoms with Crippen molar-refractivity contribution in [2.45, 2.75) is 24.7 Å². The van der Waals surface area contributed by atoms with Gasteiger partial charge in [0.2, 0.25) is 5.95 Å². The molecule has 0 radical (unpaired) electrons. The van der Waals surface area contributed by atoms with Crippen LogP contribution in [0.3, 0.4) is 0 Å². The highest BCUT2D eigenvalue weighted by molar-refractivity contribution is 5.59. The van der Waals surface area contributed by atoms with Crippen molar-refractivity contribution in [3.05, 3.63) is 76.6 Å². The number of aliphatic hydroxyl groups is 1. The minimum absolute atomic E-state index is 0.0346. The number of hydrogen-bond donors (Lipinski definition) is 2. The zero-order valence-electron chi connectivity index (χ0n) is 16.6. The van der Waals surface area contributed by atoms with Crippen LogP contribution in [0.5, 0.6) is 0 Å². The number of halogens is 2. The molecule has 0 bridgehead atoms. The highest BCUT2D eigenvalue weighted by Gasteiger charge is 2.26. The highest BCUT2D eigenvalue weighted by atomic mass is 19.1. The summed E-state index contributed by atoms with van der Waals surface area (Å²) in [6.07, 6.45) is 2.43. The maximum Gasteiger partial charge on any atom is 0.251 e. The largest absolute Gasteiger partial charge is 0.394 e. The molecule has 162 valence electrons. The minimum atomic E-state index is -1.15. The van der Waals surface area contributed by atoms with Crippen LogP contribution in [0.15, 0.2) is 59.7 Å². The first-order valence-electron chi connectivity index (χ1n) is 9.95. The molecule has 4 rings (SSSR count). The molecule has 3 heterocycles. The van der Waals surface area contributed by atoms with E-state index < -0.39 is 24.1 Å². The molecule has 0 amide bonds. The zero-order valence-corrected chi connectivity index (χ0v) is 16.6. The lowest BCUT2D eigenvalue weighted by Gasteiger charge is -2.26. The first-order chi connectivity index (χ1) is 15.0. The fourth-order valence-corrected chi connectivity index (χ4v) is 3.60.